The molecule has 1 unspecified atom stereocenters. The highest BCUT2D eigenvalue weighted by molar-refractivity contribution is 9.10. The van der Waals surface area contributed by atoms with Crippen molar-refractivity contribution in [1.29, 1.82) is 0 Å². The van der Waals surface area contributed by atoms with Gasteiger partial charge in [-0.2, -0.15) is 5.10 Å². The highest BCUT2D eigenvalue weighted by Crippen LogP contribution is 2.21. The number of carbonyl (C=O) groups excluding carboxylic acids is 1. The van der Waals surface area contributed by atoms with E-state index in [2.05, 4.69) is 31.3 Å². The zero-order valence-corrected chi connectivity index (χ0v) is 15.9. The van der Waals surface area contributed by atoms with Crippen molar-refractivity contribution in [1.82, 2.24) is 14.8 Å². The summed E-state index contributed by atoms with van der Waals surface area (Å²) in [5, 5.41) is 7.17. The predicted octanol–water partition coefficient (Wildman–Crippen LogP) is 3.58. The molecule has 3 rings (SSSR count). The van der Waals surface area contributed by atoms with Crippen LogP contribution in [0, 0.1) is 6.92 Å². The predicted molar refractivity (Wildman–Crippen MR) is 104 cm³/mol. The molecule has 0 aliphatic carbocycles. The maximum absolute atomic E-state index is 12.6. The van der Waals surface area contributed by atoms with Gasteiger partial charge >= 0.3 is 0 Å². The maximum atomic E-state index is 12.6. The van der Waals surface area contributed by atoms with Crippen molar-refractivity contribution >= 4 is 27.5 Å². The third-order valence-corrected chi connectivity index (χ3v) is 4.86. The molecule has 2 aromatic heterocycles. The second kappa shape index (κ2) is 7.61. The number of anilines is 1. The molecule has 2 heterocycles. The molecule has 0 aliphatic rings. The molecule has 0 aliphatic heterocycles. The number of benzene rings is 1. The van der Waals surface area contributed by atoms with Crippen LogP contribution in [0.15, 0.2) is 64.1 Å². The molecule has 132 valence electrons. The van der Waals surface area contributed by atoms with E-state index in [-0.39, 0.29) is 11.5 Å². The van der Waals surface area contributed by atoms with E-state index in [0.717, 1.165) is 15.6 Å². The van der Waals surface area contributed by atoms with Crippen LogP contribution in [0.4, 0.5) is 5.69 Å². The summed E-state index contributed by atoms with van der Waals surface area (Å²) in [7, 11) is 0. The smallest absolute Gasteiger partial charge is 0.267 e. The van der Waals surface area contributed by atoms with Crippen molar-refractivity contribution in [2.45, 2.75) is 19.9 Å². The Labute approximate surface area is 159 Å². The Kier molecular flexibility index (Phi) is 5.27. The molecule has 26 heavy (non-hydrogen) atoms. The number of carbonyl (C=O) groups is 1. The van der Waals surface area contributed by atoms with E-state index in [1.165, 1.54) is 10.7 Å². The first-order valence-corrected chi connectivity index (χ1v) is 8.82. The lowest BCUT2D eigenvalue weighted by Crippen LogP contribution is -2.33. The molecule has 7 heteroatoms. The average Bonchev–Trinajstić information content (AvgIpc) is 2.65. The molecule has 6 nitrogen and oxygen atoms in total. The summed E-state index contributed by atoms with van der Waals surface area (Å²) in [5.74, 6) is -0.312. The fourth-order valence-corrected chi connectivity index (χ4v) is 2.71. The van der Waals surface area contributed by atoms with Gasteiger partial charge in [-0.05, 0) is 55.8 Å². The van der Waals surface area contributed by atoms with E-state index < -0.39 is 6.04 Å². The molecule has 1 aromatic carbocycles. The Bertz CT molecular complexity index is 1000. The Hall–Kier alpha value is -2.80. The second-order valence-electron chi connectivity index (χ2n) is 5.87. The van der Waals surface area contributed by atoms with Crippen LogP contribution in [0.3, 0.4) is 0 Å². The quantitative estimate of drug-likeness (QED) is 0.710. The lowest BCUT2D eigenvalue weighted by atomic mass is 10.2. The SMILES string of the molecule is Cc1cc(NC(=O)C(C)n2nc(-c3ccncc3)ccc2=O)ccc1Br. The summed E-state index contributed by atoms with van der Waals surface area (Å²) in [6.07, 6.45) is 3.30. The van der Waals surface area contributed by atoms with Crippen LogP contribution >= 0.6 is 15.9 Å². The van der Waals surface area contributed by atoms with E-state index in [4.69, 9.17) is 0 Å². The first-order chi connectivity index (χ1) is 12.5. The zero-order chi connectivity index (χ0) is 18.7. The fourth-order valence-electron chi connectivity index (χ4n) is 2.46. The topological polar surface area (TPSA) is 76.9 Å². The zero-order valence-electron chi connectivity index (χ0n) is 14.3. The molecule has 0 saturated carbocycles. The summed E-state index contributed by atoms with van der Waals surface area (Å²) >= 11 is 3.43. The van der Waals surface area contributed by atoms with Crippen molar-refractivity contribution in [2.24, 2.45) is 0 Å². The summed E-state index contributed by atoms with van der Waals surface area (Å²) in [4.78, 5) is 28.7. The lowest BCUT2D eigenvalue weighted by Gasteiger charge is -2.15. The van der Waals surface area contributed by atoms with Gasteiger partial charge in [0.1, 0.15) is 6.04 Å². The average molecular weight is 413 g/mol. The van der Waals surface area contributed by atoms with Crippen molar-refractivity contribution in [3.63, 3.8) is 0 Å². The molecule has 0 radical (unpaired) electrons. The largest absolute Gasteiger partial charge is 0.324 e. The minimum absolute atomic E-state index is 0.312. The normalized spacial score (nSPS) is 11.8. The Balaban J connectivity index is 1.86. The molecular weight excluding hydrogens is 396 g/mol. The number of rotatable bonds is 4. The van der Waals surface area contributed by atoms with E-state index in [0.29, 0.717) is 11.4 Å². The van der Waals surface area contributed by atoms with E-state index in [1.807, 2.05) is 19.1 Å². The molecule has 0 spiro atoms. The first kappa shape index (κ1) is 18.0. The highest BCUT2D eigenvalue weighted by Gasteiger charge is 2.18. The second-order valence-corrected chi connectivity index (χ2v) is 6.72. The standard InChI is InChI=1S/C19H17BrN4O2/c1-12-11-15(3-4-16(12)20)22-19(26)13(2)24-18(25)6-5-17(23-24)14-7-9-21-10-8-14/h3-11,13H,1-2H3,(H,22,26). The minimum atomic E-state index is -0.756. The molecule has 1 N–H and O–H groups in total. The van der Waals surface area contributed by atoms with Crippen LogP contribution in [-0.4, -0.2) is 20.7 Å². The fraction of sp³-hybridized carbons (Fsp3) is 0.158. The van der Waals surface area contributed by atoms with Crippen molar-refractivity contribution in [3.05, 3.63) is 75.2 Å². The molecule has 3 aromatic rings. The summed E-state index contributed by atoms with van der Waals surface area (Å²) < 4.78 is 2.16. The Morgan fingerprint density at radius 2 is 1.88 bits per heavy atom. The van der Waals surface area contributed by atoms with Crippen LogP contribution in [0.5, 0.6) is 0 Å². The lowest BCUT2D eigenvalue weighted by molar-refractivity contribution is -0.119. The number of amides is 1. The van der Waals surface area contributed by atoms with Crippen molar-refractivity contribution < 1.29 is 4.79 Å². The van der Waals surface area contributed by atoms with Crippen LogP contribution in [0.25, 0.3) is 11.3 Å². The van der Waals surface area contributed by atoms with Gasteiger partial charge < -0.3 is 5.32 Å². The Morgan fingerprint density at radius 1 is 1.15 bits per heavy atom. The van der Waals surface area contributed by atoms with Gasteiger partial charge in [0.2, 0.25) is 5.91 Å². The van der Waals surface area contributed by atoms with Crippen LogP contribution in [0.2, 0.25) is 0 Å². The van der Waals surface area contributed by atoms with E-state index in [9.17, 15) is 9.59 Å². The highest BCUT2D eigenvalue weighted by atomic mass is 79.9. The molecule has 0 bridgehead atoms. The third-order valence-electron chi connectivity index (χ3n) is 3.97. The van der Waals surface area contributed by atoms with Gasteiger partial charge in [-0.25, -0.2) is 4.68 Å². The van der Waals surface area contributed by atoms with Gasteiger partial charge in [-0.3, -0.25) is 14.6 Å². The number of nitrogens with zero attached hydrogens (tertiary/aromatic N) is 3. The molecule has 1 amide bonds. The van der Waals surface area contributed by atoms with E-state index >= 15 is 0 Å². The number of hydrogen-bond acceptors (Lipinski definition) is 4. The number of halogens is 1. The number of aryl methyl sites for hydroxylation is 1. The van der Waals surface area contributed by atoms with Gasteiger partial charge in [-0.15, -0.1) is 0 Å². The maximum Gasteiger partial charge on any atom is 0.267 e. The van der Waals surface area contributed by atoms with Gasteiger partial charge in [-0.1, -0.05) is 15.9 Å². The van der Waals surface area contributed by atoms with Gasteiger partial charge in [0, 0.05) is 34.2 Å². The monoisotopic (exact) mass is 412 g/mol. The van der Waals surface area contributed by atoms with Gasteiger partial charge in [0.15, 0.2) is 0 Å². The van der Waals surface area contributed by atoms with Gasteiger partial charge in [0.05, 0.1) is 5.69 Å². The number of nitrogens with one attached hydrogen (secondary N) is 1. The van der Waals surface area contributed by atoms with Crippen LogP contribution < -0.4 is 10.9 Å². The van der Waals surface area contributed by atoms with E-state index in [1.54, 1.807) is 43.6 Å². The summed E-state index contributed by atoms with van der Waals surface area (Å²) in [6.45, 7) is 3.58. The molecule has 0 fully saturated rings. The molecule has 0 saturated heterocycles. The van der Waals surface area contributed by atoms with Crippen LogP contribution in [-0.2, 0) is 4.79 Å². The first-order valence-electron chi connectivity index (χ1n) is 8.03. The van der Waals surface area contributed by atoms with Crippen molar-refractivity contribution in [2.75, 3.05) is 5.32 Å². The molecule has 1 atom stereocenters. The Morgan fingerprint density at radius 3 is 2.58 bits per heavy atom. The number of hydrogen-bond donors (Lipinski definition) is 1. The third kappa shape index (κ3) is 3.88. The number of aromatic nitrogens is 3. The van der Waals surface area contributed by atoms with Crippen LogP contribution in [0.1, 0.15) is 18.5 Å². The molecular formula is C19H17BrN4O2. The summed E-state index contributed by atoms with van der Waals surface area (Å²) in [5.41, 5.74) is 2.76. The van der Waals surface area contributed by atoms with Gasteiger partial charge in [0.25, 0.3) is 5.56 Å². The minimum Gasteiger partial charge on any atom is -0.324 e. The number of pyridine rings is 1. The summed E-state index contributed by atoms with van der Waals surface area (Å²) in [6, 6.07) is 11.4. The van der Waals surface area contributed by atoms with Crippen molar-refractivity contribution in [3.8, 4) is 11.3 Å².